The van der Waals surface area contributed by atoms with Gasteiger partial charge in [0.1, 0.15) is 24.7 Å². The maximum Gasteiger partial charge on any atom is 0.187 e. The van der Waals surface area contributed by atoms with E-state index in [1.54, 1.807) is 6.07 Å². The molecule has 1 unspecified atom stereocenters. The monoisotopic (exact) mass is 438 g/mol. The van der Waals surface area contributed by atoms with E-state index in [2.05, 4.69) is 0 Å². The molecule has 0 spiro atoms. The van der Waals surface area contributed by atoms with Gasteiger partial charge in [0.15, 0.2) is 5.52 Å². The molecule has 0 aliphatic heterocycles. The Balaban J connectivity index is 2.16. The van der Waals surface area contributed by atoms with Crippen molar-refractivity contribution in [3.8, 4) is 11.5 Å². The number of carbonyl (C=O) groups excluding carboxylic acids is 1. The number of hydrogen-bond donors (Lipinski definition) is 0. The van der Waals surface area contributed by atoms with Crippen molar-refractivity contribution >= 4 is 31.0 Å². The van der Waals surface area contributed by atoms with Crippen molar-refractivity contribution in [1.29, 1.82) is 0 Å². The Morgan fingerprint density at radius 3 is 2.31 bits per heavy atom. The summed E-state index contributed by atoms with van der Waals surface area (Å²) in [4.78, 5) is 12.9. The molecule has 0 aliphatic rings. The molecule has 2 aromatic carbocycles. The Morgan fingerprint density at radius 2 is 1.66 bits per heavy atom. The third-order valence-corrected chi connectivity index (χ3v) is 5.51. The fourth-order valence-corrected chi connectivity index (χ4v) is 4.16. The molecule has 0 fully saturated rings. The van der Waals surface area contributed by atoms with E-state index in [1.807, 2.05) is 51.1 Å². The zero-order chi connectivity index (χ0) is 21.1. The summed E-state index contributed by atoms with van der Waals surface area (Å²) in [5.41, 5.74) is 1.40. The number of aryl methyl sites for hydroxylation is 1. The van der Waals surface area contributed by atoms with E-state index < -0.39 is 0 Å². The van der Waals surface area contributed by atoms with Crippen LogP contribution in [-0.4, -0.2) is 45.2 Å². The number of halogens is 1. The molecule has 0 aromatic heterocycles. The van der Waals surface area contributed by atoms with E-state index in [-0.39, 0.29) is 14.1 Å². The summed E-state index contributed by atoms with van der Waals surface area (Å²) in [5.74, 6) is 1.29. The molecule has 0 N–H and O–H groups in total. The lowest BCUT2D eigenvalue weighted by atomic mass is 10.1. The van der Waals surface area contributed by atoms with Gasteiger partial charge < -0.3 is 18.9 Å². The average molecular weight is 439 g/mol. The van der Waals surface area contributed by atoms with Crippen LogP contribution in [0.5, 0.6) is 11.5 Å². The molecule has 0 saturated heterocycles. The molecule has 2 rings (SSSR count). The van der Waals surface area contributed by atoms with Crippen LogP contribution in [0.3, 0.4) is 0 Å². The molecule has 2 aromatic rings. The van der Waals surface area contributed by atoms with E-state index in [9.17, 15) is 4.79 Å². The van der Waals surface area contributed by atoms with Gasteiger partial charge in [-0.1, -0.05) is 23.7 Å². The van der Waals surface area contributed by atoms with E-state index in [0.717, 1.165) is 10.9 Å². The van der Waals surface area contributed by atoms with E-state index >= 15 is 0 Å². The van der Waals surface area contributed by atoms with Crippen LogP contribution >= 0.6 is 20.2 Å². The van der Waals surface area contributed by atoms with Gasteiger partial charge in [-0.3, -0.25) is 4.79 Å². The van der Waals surface area contributed by atoms with Crippen molar-refractivity contribution in [2.75, 3.05) is 39.6 Å². The maximum atomic E-state index is 12.9. The van der Waals surface area contributed by atoms with E-state index in [0.29, 0.717) is 61.7 Å². The summed E-state index contributed by atoms with van der Waals surface area (Å²) in [5, 5.41) is 1.28. The van der Waals surface area contributed by atoms with Gasteiger partial charge in [-0.05, 0) is 53.1 Å². The standard InChI is InChI=1S/C22H28ClO5P/c1-4-25-11-13-27-17-9-10-20(19(15-17)28-14-12-26-5-2)29-22(24)21-16(3)7-6-8-18(21)23/h6-10,15,29H,4-5,11-14H2,1-3H3. The first-order valence-electron chi connectivity index (χ1n) is 9.68. The summed E-state index contributed by atoms with van der Waals surface area (Å²) in [6.45, 7) is 8.89. The van der Waals surface area contributed by atoms with Crippen LogP contribution < -0.4 is 14.8 Å². The SMILES string of the molecule is CCOCCOc1ccc(PC(=O)c2c(C)cccc2Cl)c(OCCOCC)c1. The van der Waals surface area contributed by atoms with Crippen LogP contribution in [-0.2, 0) is 9.47 Å². The normalized spacial score (nSPS) is 11.2. The molecule has 158 valence electrons. The molecule has 0 amide bonds. The number of carbonyl (C=O) groups is 1. The first-order chi connectivity index (χ1) is 14.1. The van der Waals surface area contributed by atoms with Crippen molar-refractivity contribution < 1.29 is 23.7 Å². The predicted molar refractivity (Wildman–Crippen MR) is 119 cm³/mol. The van der Waals surface area contributed by atoms with Crippen LogP contribution in [0.1, 0.15) is 29.8 Å². The molecule has 0 aliphatic carbocycles. The highest BCUT2D eigenvalue weighted by Crippen LogP contribution is 2.31. The molecule has 29 heavy (non-hydrogen) atoms. The van der Waals surface area contributed by atoms with Crippen molar-refractivity contribution in [1.82, 2.24) is 0 Å². The third kappa shape index (κ3) is 7.60. The Bertz CT molecular complexity index is 777. The second-order valence-electron chi connectivity index (χ2n) is 6.13. The Hall–Kier alpha value is -1.65. The zero-order valence-electron chi connectivity index (χ0n) is 17.1. The first-order valence-corrected chi connectivity index (χ1v) is 11.1. The quantitative estimate of drug-likeness (QED) is 0.337. The highest BCUT2D eigenvalue weighted by molar-refractivity contribution is 7.66. The number of rotatable bonds is 13. The van der Waals surface area contributed by atoms with Gasteiger partial charge >= 0.3 is 0 Å². The molecule has 5 nitrogen and oxygen atoms in total. The highest BCUT2D eigenvalue weighted by Gasteiger charge is 2.17. The predicted octanol–water partition coefficient (Wildman–Crippen LogP) is 4.62. The fourth-order valence-electron chi connectivity index (χ4n) is 2.64. The van der Waals surface area contributed by atoms with Gasteiger partial charge in [0.2, 0.25) is 0 Å². The molecular weight excluding hydrogens is 411 g/mol. The van der Waals surface area contributed by atoms with Gasteiger partial charge in [-0.15, -0.1) is 0 Å². The fraction of sp³-hybridized carbons (Fsp3) is 0.409. The zero-order valence-corrected chi connectivity index (χ0v) is 18.9. The van der Waals surface area contributed by atoms with Crippen LogP contribution in [0.25, 0.3) is 0 Å². The van der Waals surface area contributed by atoms with E-state index in [4.69, 9.17) is 30.5 Å². The van der Waals surface area contributed by atoms with Crippen molar-refractivity contribution in [3.05, 3.63) is 52.5 Å². The molecular formula is C22H28ClO5P. The molecule has 0 heterocycles. The van der Waals surface area contributed by atoms with Crippen molar-refractivity contribution in [2.24, 2.45) is 0 Å². The minimum absolute atomic E-state index is 0.0206. The largest absolute Gasteiger partial charge is 0.491 e. The van der Waals surface area contributed by atoms with Crippen molar-refractivity contribution in [3.63, 3.8) is 0 Å². The lowest BCUT2D eigenvalue weighted by molar-refractivity contribution is 0.107. The Morgan fingerprint density at radius 1 is 0.966 bits per heavy atom. The highest BCUT2D eigenvalue weighted by atomic mass is 35.5. The Kier molecular flexibility index (Phi) is 10.4. The van der Waals surface area contributed by atoms with Gasteiger partial charge in [-0.25, -0.2) is 0 Å². The Labute approximate surface area is 179 Å². The number of benzene rings is 2. The molecule has 1 atom stereocenters. The topological polar surface area (TPSA) is 54.0 Å². The van der Waals surface area contributed by atoms with Crippen LogP contribution in [0.4, 0.5) is 0 Å². The van der Waals surface area contributed by atoms with Crippen LogP contribution in [0.15, 0.2) is 36.4 Å². The maximum absolute atomic E-state index is 12.9. The average Bonchev–Trinajstić information content (AvgIpc) is 2.70. The summed E-state index contributed by atoms with van der Waals surface area (Å²) < 4.78 is 22.3. The summed E-state index contributed by atoms with van der Waals surface area (Å²) in [6, 6.07) is 11.0. The van der Waals surface area contributed by atoms with Gasteiger partial charge in [0.25, 0.3) is 0 Å². The third-order valence-electron chi connectivity index (χ3n) is 4.04. The summed E-state index contributed by atoms with van der Waals surface area (Å²) in [6.07, 6.45) is 0. The minimum atomic E-state index is -0.111. The van der Waals surface area contributed by atoms with Gasteiger partial charge in [0.05, 0.1) is 18.2 Å². The second-order valence-corrected chi connectivity index (χ2v) is 7.78. The number of hydrogen-bond acceptors (Lipinski definition) is 5. The lowest BCUT2D eigenvalue weighted by Crippen LogP contribution is -2.13. The molecule has 0 bridgehead atoms. The molecule has 0 radical (unpaired) electrons. The molecule has 7 heteroatoms. The van der Waals surface area contributed by atoms with Crippen LogP contribution in [0, 0.1) is 6.92 Å². The first kappa shape index (κ1) is 23.6. The number of ether oxygens (including phenoxy) is 4. The summed E-state index contributed by atoms with van der Waals surface area (Å²) >= 11 is 6.26. The van der Waals surface area contributed by atoms with Gasteiger partial charge in [0, 0.05) is 30.1 Å². The van der Waals surface area contributed by atoms with E-state index in [1.165, 1.54) is 0 Å². The second kappa shape index (κ2) is 12.8. The summed E-state index contributed by atoms with van der Waals surface area (Å²) in [7, 11) is -0.111. The lowest BCUT2D eigenvalue weighted by Gasteiger charge is -2.15. The van der Waals surface area contributed by atoms with Gasteiger partial charge in [-0.2, -0.15) is 0 Å². The molecule has 0 saturated carbocycles. The minimum Gasteiger partial charge on any atom is -0.491 e. The van der Waals surface area contributed by atoms with Crippen molar-refractivity contribution in [2.45, 2.75) is 20.8 Å². The van der Waals surface area contributed by atoms with Crippen LogP contribution in [0.2, 0.25) is 5.02 Å². The smallest absolute Gasteiger partial charge is 0.187 e.